The van der Waals surface area contributed by atoms with Gasteiger partial charge in [-0.15, -0.1) is 0 Å². The third-order valence-corrected chi connectivity index (χ3v) is 5.28. The summed E-state index contributed by atoms with van der Waals surface area (Å²) in [6.45, 7) is 4.98. The average Bonchev–Trinajstić information content (AvgIpc) is 3.16. The van der Waals surface area contributed by atoms with E-state index in [9.17, 15) is 4.79 Å². The largest absolute Gasteiger partial charge is 0.450 e. The zero-order chi connectivity index (χ0) is 17.8. The number of benzene rings is 1. The molecule has 1 aliphatic rings. The SMILES string of the molecule is CCOC(=O)N1CCC(c2cc(CC)ccc2N)=CC1c1ccsc1. The molecule has 4 nitrogen and oxygen atoms in total. The van der Waals surface area contributed by atoms with Gasteiger partial charge in [0.1, 0.15) is 0 Å². The molecule has 0 spiro atoms. The van der Waals surface area contributed by atoms with Crippen molar-refractivity contribution >= 4 is 28.7 Å². The van der Waals surface area contributed by atoms with Gasteiger partial charge in [-0.25, -0.2) is 4.79 Å². The van der Waals surface area contributed by atoms with Crippen LogP contribution in [0.3, 0.4) is 0 Å². The maximum absolute atomic E-state index is 12.4. The number of anilines is 1. The fourth-order valence-electron chi connectivity index (χ4n) is 3.20. The van der Waals surface area contributed by atoms with Gasteiger partial charge in [-0.2, -0.15) is 11.3 Å². The number of nitrogens with two attached hydrogens (primary N) is 1. The van der Waals surface area contributed by atoms with Crippen molar-refractivity contribution in [2.45, 2.75) is 32.7 Å². The van der Waals surface area contributed by atoms with Gasteiger partial charge >= 0.3 is 6.09 Å². The summed E-state index contributed by atoms with van der Waals surface area (Å²) in [5.74, 6) is 0. The van der Waals surface area contributed by atoms with Gasteiger partial charge in [0.05, 0.1) is 12.6 Å². The van der Waals surface area contributed by atoms with Crippen LogP contribution in [0.15, 0.2) is 41.1 Å². The van der Waals surface area contributed by atoms with E-state index in [1.165, 1.54) is 11.1 Å². The molecule has 25 heavy (non-hydrogen) atoms. The molecule has 2 heterocycles. The summed E-state index contributed by atoms with van der Waals surface area (Å²) in [5.41, 5.74) is 11.7. The Bertz CT molecular complexity index is 768. The Kier molecular flexibility index (Phi) is 5.43. The van der Waals surface area contributed by atoms with Crippen LogP contribution in [-0.2, 0) is 11.2 Å². The van der Waals surface area contributed by atoms with E-state index >= 15 is 0 Å². The summed E-state index contributed by atoms with van der Waals surface area (Å²) in [7, 11) is 0. The predicted molar refractivity (Wildman–Crippen MR) is 104 cm³/mol. The van der Waals surface area contributed by atoms with E-state index in [1.54, 1.807) is 16.2 Å². The molecule has 1 amide bonds. The fraction of sp³-hybridized carbons (Fsp3) is 0.350. The molecule has 1 atom stereocenters. The van der Waals surface area contributed by atoms with E-state index < -0.39 is 0 Å². The Morgan fingerprint density at radius 2 is 2.20 bits per heavy atom. The van der Waals surface area contributed by atoms with Gasteiger partial charge in [0, 0.05) is 17.8 Å². The Morgan fingerprint density at radius 3 is 2.88 bits per heavy atom. The number of hydrogen-bond acceptors (Lipinski definition) is 4. The lowest BCUT2D eigenvalue weighted by Crippen LogP contribution is -2.37. The minimum atomic E-state index is -0.260. The number of amides is 1. The number of nitrogens with zero attached hydrogens (tertiary/aromatic N) is 1. The Hall–Kier alpha value is -2.27. The molecule has 0 saturated carbocycles. The van der Waals surface area contributed by atoms with Crippen molar-refractivity contribution in [1.29, 1.82) is 0 Å². The molecule has 132 valence electrons. The molecule has 2 aromatic rings. The van der Waals surface area contributed by atoms with Gasteiger partial charge in [0.2, 0.25) is 0 Å². The van der Waals surface area contributed by atoms with Gasteiger partial charge in [0.15, 0.2) is 0 Å². The lowest BCUT2D eigenvalue weighted by molar-refractivity contribution is 0.0969. The fourth-order valence-corrected chi connectivity index (χ4v) is 3.89. The van der Waals surface area contributed by atoms with Crippen molar-refractivity contribution < 1.29 is 9.53 Å². The topological polar surface area (TPSA) is 55.6 Å². The van der Waals surface area contributed by atoms with Gasteiger partial charge in [-0.1, -0.05) is 19.1 Å². The molecule has 0 saturated heterocycles. The number of hydrogen-bond donors (Lipinski definition) is 1. The number of thiophene rings is 1. The minimum Gasteiger partial charge on any atom is -0.450 e. The molecule has 5 heteroatoms. The van der Waals surface area contributed by atoms with Crippen LogP contribution < -0.4 is 5.73 Å². The zero-order valence-electron chi connectivity index (χ0n) is 14.7. The molecule has 0 bridgehead atoms. The maximum Gasteiger partial charge on any atom is 0.410 e. The summed E-state index contributed by atoms with van der Waals surface area (Å²) in [6.07, 6.45) is 3.65. The zero-order valence-corrected chi connectivity index (χ0v) is 15.5. The number of nitrogen functional groups attached to an aromatic ring is 1. The molecule has 0 fully saturated rings. The third kappa shape index (κ3) is 3.71. The molecular formula is C20H24N2O2S. The number of carbonyl (C=O) groups is 1. The summed E-state index contributed by atoms with van der Waals surface area (Å²) >= 11 is 1.63. The predicted octanol–water partition coefficient (Wildman–Crippen LogP) is 4.88. The van der Waals surface area contributed by atoms with E-state index in [-0.39, 0.29) is 12.1 Å². The number of aryl methyl sites for hydroxylation is 1. The monoisotopic (exact) mass is 356 g/mol. The van der Waals surface area contributed by atoms with Gasteiger partial charge in [0.25, 0.3) is 0 Å². The van der Waals surface area contributed by atoms with Gasteiger partial charge in [-0.05, 0) is 65.4 Å². The lowest BCUT2D eigenvalue weighted by Gasteiger charge is -2.34. The summed E-state index contributed by atoms with van der Waals surface area (Å²) < 4.78 is 5.25. The van der Waals surface area contributed by atoms with Crippen molar-refractivity contribution in [3.63, 3.8) is 0 Å². The maximum atomic E-state index is 12.4. The smallest absolute Gasteiger partial charge is 0.410 e. The molecule has 1 aliphatic heterocycles. The highest BCUT2D eigenvalue weighted by Gasteiger charge is 2.29. The van der Waals surface area contributed by atoms with Crippen LogP contribution in [0.5, 0.6) is 0 Å². The second-order valence-electron chi connectivity index (χ2n) is 6.11. The van der Waals surface area contributed by atoms with E-state index in [0.29, 0.717) is 13.2 Å². The quantitative estimate of drug-likeness (QED) is 0.794. The Morgan fingerprint density at radius 1 is 1.36 bits per heavy atom. The van der Waals surface area contributed by atoms with Gasteiger partial charge < -0.3 is 10.5 Å². The first kappa shape index (κ1) is 17.5. The molecule has 3 rings (SSSR count). The molecule has 1 unspecified atom stereocenters. The van der Waals surface area contributed by atoms with Crippen molar-refractivity contribution in [3.05, 3.63) is 57.8 Å². The standard InChI is InChI=1S/C20H24N2O2S/c1-3-14-5-6-18(21)17(11-14)15-7-9-22(20(23)24-4-2)19(12-15)16-8-10-25-13-16/h5-6,8,10-13,19H,3-4,7,9,21H2,1-2H3. The molecule has 2 N–H and O–H groups in total. The molecular weight excluding hydrogens is 332 g/mol. The Labute approximate surface area is 152 Å². The van der Waals surface area contributed by atoms with Gasteiger partial charge in [-0.3, -0.25) is 4.90 Å². The van der Waals surface area contributed by atoms with Crippen molar-refractivity contribution in [3.8, 4) is 0 Å². The van der Waals surface area contributed by atoms with E-state index in [4.69, 9.17) is 10.5 Å². The van der Waals surface area contributed by atoms with Crippen molar-refractivity contribution in [2.24, 2.45) is 0 Å². The highest BCUT2D eigenvalue weighted by Crippen LogP contribution is 2.36. The van der Waals surface area contributed by atoms with Crippen LogP contribution in [0.2, 0.25) is 0 Å². The van der Waals surface area contributed by atoms with E-state index in [0.717, 1.165) is 29.7 Å². The lowest BCUT2D eigenvalue weighted by atomic mass is 9.91. The molecule has 0 aliphatic carbocycles. The number of rotatable bonds is 4. The van der Waals surface area contributed by atoms with Crippen LogP contribution in [0, 0.1) is 0 Å². The second-order valence-corrected chi connectivity index (χ2v) is 6.89. The van der Waals surface area contributed by atoms with E-state index in [2.05, 4.69) is 36.6 Å². The average molecular weight is 356 g/mol. The van der Waals surface area contributed by atoms with Crippen LogP contribution in [-0.4, -0.2) is 24.1 Å². The Balaban J connectivity index is 1.99. The number of ether oxygens (including phenoxy) is 1. The van der Waals surface area contributed by atoms with Crippen molar-refractivity contribution in [1.82, 2.24) is 4.90 Å². The molecule has 0 radical (unpaired) electrons. The summed E-state index contributed by atoms with van der Waals surface area (Å²) in [6, 6.07) is 8.17. The minimum absolute atomic E-state index is 0.112. The van der Waals surface area contributed by atoms with E-state index in [1.807, 2.05) is 18.4 Å². The molecule has 1 aromatic heterocycles. The first-order valence-corrected chi connectivity index (χ1v) is 9.63. The number of carbonyl (C=O) groups excluding carboxylic acids is 1. The van der Waals surface area contributed by atoms with Crippen LogP contribution in [0.4, 0.5) is 10.5 Å². The highest BCUT2D eigenvalue weighted by atomic mass is 32.1. The highest BCUT2D eigenvalue weighted by molar-refractivity contribution is 7.08. The summed E-state index contributed by atoms with van der Waals surface area (Å²) in [4.78, 5) is 14.2. The second kappa shape index (κ2) is 7.74. The first-order chi connectivity index (χ1) is 12.1. The summed E-state index contributed by atoms with van der Waals surface area (Å²) in [5, 5.41) is 4.12. The van der Waals surface area contributed by atoms with Crippen molar-refractivity contribution in [2.75, 3.05) is 18.9 Å². The molecule has 1 aromatic carbocycles. The van der Waals surface area contributed by atoms with Crippen LogP contribution in [0.25, 0.3) is 5.57 Å². The first-order valence-electron chi connectivity index (χ1n) is 8.69. The van der Waals surface area contributed by atoms with Crippen LogP contribution in [0.1, 0.15) is 43.0 Å². The van der Waals surface area contributed by atoms with Crippen LogP contribution >= 0.6 is 11.3 Å². The third-order valence-electron chi connectivity index (χ3n) is 4.58. The normalized spacial score (nSPS) is 17.3.